The van der Waals surface area contributed by atoms with Gasteiger partial charge < -0.3 is 15.7 Å². The van der Waals surface area contributed by atoms with Crippen molar-refractivity contribution in [1.29, 1.82) is 0 Å². The molecule has 104 valence electrons. The Morgan fingerprint density at radius 2 is 2.00 bits per heavy atom. The van der Waals surface area contributed by atoms with Crippen molar-refractivity contribution >= 4 is 5.91 Å². The lowest BCUT2D eigenvalue weighted by Gasteiger charge is -2.40. The van der Waals surface area contributed by atoms with E-state index in [4.69, 9.17) is 5.73 Å². The van der Waals surface area contributed by atoms with Gasteiger partial charge >= 0.3 is 0 Å². The molecular formula is C14H26N2O2. The third-order valence-corrected chi connectivity index (χ3v) is 4.85. The summed E-state index contributed by atoms with van der Waals surface area (Å²) in [6.07, 6.45) is 3.54. The van der Waals surface area contributed by atoms with Crippen LogP contribution in [0.3, 0.4) is 0 Å². The average Bonchev–Trinajstić information content (AvgIpc) is 2.35. The highest BCUT2D eigenvalue weighted by Crippen LogP contribution is 2.31. The third-order valence-electron chi connectivity index (χ3n) is 4.85. The van der Waals surface area contributed by atoms with Gasteiger partial charge in [-0.2, -0.15) is 0 Å². The number of rotatable bonds is 1. The van der Waals surface area contributed by atoms with Crippen LogP contribution in [0.2, 0.25) is 0 Å². The molecule has 0 aromatic rings. The fraction of sp³-hybridized carbons (Fsp3) is 0.929. The molecule has 2 rings (SSSR count). The van der Waals surface area contributed by atoms with Crippen LogP contribution in [0.25, 0.3) is 0 Å². The van der Waals surface area contributed by atoms with Gasteiger partial charge in [0.25, 0.3) is 0 Å². The monoisotopic (exact) mass is 254 g/mol. The fourth-order valence-corrected chi connectivity index (χ4v) is 3.31. The summed E-state index contributed by atoms with van der Waals surface area (Å²) in [6, 6.07) is 0.167. The lowest BCUT2D eigenvalue weighted by atomic mass is 9.76. The van der Waals surface area contributed by atoms with Crippen molar-refractivity contribution in [3.63, 3.8) is 0 Å². The summed E-state index contributed by atoms with van der Waals surface area (Å²) in [6.45, 7) is 5.51. The van der Waals surface area contributed by atoms with E-state index >= 15 is 0 Å². The van der Waals surface area contributed by atoms with Gasteiger partial charge in [0.2, 0.25) is 5.91 Å². The maximum absolute atomic E-state index is 12.6. The van der Waals surface area contributed by atoms with Crippen molar-refractivity contribution in [2.24, 2.45) is 23.5 Å². The maximum Gasteiger partial charge on any atom is 0.226 e. The van der Waals surface area contributed by atoms with Gasteiger partial charge in [0.05, 0.1) is 6.10 Å². The van der Waals surface area contributed by atoms with Crippen molar-refractivity contribution in [3.05, 3.63) is 0 Å². The van der Waals surface area contributed by atoms with Gasteiger partial charge in [0.1, 0.15) is 0 Å². The number of aliphatic hydroxyl groups excluding tert-OH is 1. The second kappa shape index (κ2) is 5.57. The second-order valence-corrected chi connectivity index (χ2v) is 6.18. The minimum absolute atomic E-state index is 0.0937. The molecule has 5 unspecified atom stereocenters. The van der Waals surface area contributed by atoms with Crippen LogP contribution in [-0.2, 0) is 4.79 Å². The van der Waals surface area contributed by atoms with Gasteiger partial charge in [-0.1, -0.05) is 20.3 Å². The molecule has 1 aliphatic carbocycles. The Bertz CT molecular complexity index is 308. The van der Waals surface area contributed by atoms with Crippen LogP contribution in [0.15, 0.2) is 0 Å². The number of nitrogens with two attached hydrogens (primary N) is 1. The van der Waals surface area contributed by atoms with E-state index in [0.717, 1.165) is 19.3 Å². The van der Waals surface area contributed by atoms with Crippen LogP contribution in [0, 0.1) is 17.8 Å². The summed E-state index contributed by atoms with van der Waals surface area (Å²) in [7, 11) is 0. The largest absolute Gasteiger partial charge is 0.393 e. The number of carbonyl (C=O) groups excluding carboxylic acids is 1. The number of nitrogens with zero attached hydrogens (tertiary/aromatic N) is 1. The molecule has 0 radical (unpaired) electrons. The van der Waals surface area contributed by atoms with E-state index in [1.807, 2.05) is 11.8 Å². The molecule has 1 saturated carbocycles. The number of hydrogen-bond acceptors (Lipinski definition) is 3. The molecule has 1 amide bonds. The zero-order valence-corrected chi connectivity index (χ0v) is 11.5. The molecule has 1 aliphatic heterocycles. The summed E-state index contributed by atoms with van der Waals surface area (Å²) in [5.74, 6) is 0.830. The van der Waals surface area contributed by atoms with Gasteiger partial charge in [-0.3, -0.25) is 4.79 Å². The molecule has 0 spiro atoms. The first-order valence-corrected chi connectivity index (χ1v) is 7.23. The molecule has 0 bridgehead atoms. The van der Waals surface area contributed by atoms with Gasteiger partial charge in [0, 0.05) is 25.0 Å². The van der Waals surface area contributed by atoms with Crippen LogP contribution in [0.1, 0.15) is 39.5 Å². The van der Waals surface area contributed by atoms with Crippen molar-refractivity contribution in [1.82, 2.24) is 4.90 Å². The third kappa shape index (κ3) is 2.69. The number of likely N-dealkylation sites (tertiary alicyclic amines) is 1. The number of amides is 1. The van der Waals surface area contributed by atoms with Crippen molar-refractivity contribution < 1.29 is 9.90 Å². The zero-order chi connectivity index (χ0) is 13.3. The van der Waals surface area contributed by atoms with E-state index in [2.05, 4.69) is 6.92 Å². The van der Waals surface area contributed by atoms with Crippen molar-refractivity contribution in [3.8, 4) is 0 Å². The molecule has 4 heteroatoms. The first kappa shape index (κ1) is 13.8. The smallest absolute Gasteiger partial charge is 0.226 e. The molecule has 2 fully saturated rings. The van der Waals surface area contributed by atoms with Gasteiger partial charge in [-0.05, 0) is 31.1 Å². The molecule has 0 aromatic carbocycles. The highest BCUT2D eigenvalue weighted by atomic mass is 16.3. The quantitative estimate of drug-likeness (QED) is 0.733. The van der Waals surface area contributed by atoms with Crippen LogP contribution >= 0.6 is 0 Å². The lowest BCUT2D eigenvalue weighted by molar-refractivity contribution is -0.142. The topological polar surface area (TPSA) is 66.6 Å². The average molecular weight is 254 g/mol. The van der Waals surface area contributed by atoms with E-state index in [0.29, 0.717) is 19.5 Å². The Hall–Kier alpha value is -0.610. The number of hydrogen-bond donors (Lipinski definition) is 2. The molecule has 0 aromatic heterocycles. The minimum Gasteiger partial charge on any atom is -0.393 e. The first-order chi connectivity index (χ1) is 8.50. The Kier molecular flexibility index (Phi) is 4.28. The van der Waals surface area contributed by atoms with E-state index < -0.39 is 0 Å². The second-order valence-electron chi connectivity index (χ2n) is 6.18. The highest BCUT2D eigenvalue weighted by Gasteiger charge is 2.37. The molecule has 18 heavy (non-hydrogen) atoms. The van der Waals surface area contributed by atoms with E-state index in [-0.39, 0.29) is 35.8 Å². The Morgan fingerprint density at radius 3 is 2.67 bits per heavy atom. The van der Waals surface area contributed by atoms with E-state index in [9.17, 15) is 9.90 Å². The van der Waals surface area contributed by atoms with Crippen LogP contribution < -0.4 is 5.73 Å². The Labute approximate surface area is 110 Å². The number of piperidine rings is 1. The van der Waals surface area contributed by atoms with Gasteiger partial charge in [-0.25, -0.2) is 0 Å². The summed E-state index contributed by atoms with van der Waals surface area (Å²) >= 11 is 0. The standard InChI is InChI=1S/C14H26N2O2/c1-9-8-16(7-6-13(9)17)14(18)11-4-3-5-12(15)10(11)2/h9-13,17H,3-8,15H2,1-2H3. The molecule has 3 N–H and O–H groups in total. The predicted molar refractivity (Wildman–Crippen MR) is 70.8 cm³/mol. The Morgan fingerprint density at radius 1 is 1.28 bits per heavy atom. The number of carbonyl (C=O) groups is 1. The summed E-state index contributed by atoms with van der Waals surface area (Å²) in [5, 5.41) is 9.72. The molecule has 2 aliphatic rings. The zero-order valence-electron chi connectivity index (χ0n) is 11.5. The van der Waals surface area contributed by atoms with Crippen molar-refractivity contribution in [2.75, 3.05) is 13.1 Å². The predicted octanol–water partition coefficient (Wildman–Crippen LogP) is 0.979. The first-order valence-electron chi connectivity index (χ1n) is 7.23. The molecule has 1 saturated heterocycles. The van der Waals surface area contributed by atoms with E-state index in [1.165, 1.54) is 0 Å². The molecule has 5 atom stereocenters. The summed E-state index contributed by atoms with van der Waals surface area (Å²) < 4.78 is 0. The lowest BCUT2D eigenvalue weighted by Crippen LogP contribution is -2.50. The maximum atomic E-state index is 12.6. The molecule has 4 nitrogen and oxygen atoms in total. The van der Waals surface area contributed by atoms with Crippen LogP contribution in [0.5, 0.6) is 0 Å². The fourth-order valence-electron chi connectivity index (χ4n) is 3.31. The normalized spacial score (nSPS) is 41.8. The SMILES string of the molecule is CC1CN(C(=O)C2CCCC(N)C2C)CCC1O. The summed E-state index contributed by atoms with van der Waals surface area (Å²) in [5.41, 5.74) is 6.07. The van der Waals surface area contributed by atoms with Crippen LogP contribution in [-0.4, -0.2) is 41.1 Å². The minimum atomic E-state index is -0.250. The molecule has 1 heterocycles. The molecular weight excluding hydrogens is 228 g/mol. The van der Waals surface area contributed by atoms with Gasteiger partial charge in [0.15, 0.2) is 0 Å². The van der Waals surface area contributed by atoms with Crippen LogP contribution in [0.4, 0.5) is 0 Å². The van der Waals surface area contributed by atoms with Crippen molar-refractivity contribution in [2.45, 2.75) is 51.7 Å². The summed E-state index contributed by atoms with van der Waals surface area (Å²) in [4.78, 5) is 14.5. The Balaban J connectivity index is 1.98. The number of aliphatic hydroxyl groups is 1. The van der Waals surface area contributed by atoms with Gasteiger partial charge in [-0.15, -0.1) is 0 Å². The van der Waals surface area contributed by atoms with E-state index in [1.54, 1.807) is 0 Å². The highest BCUT2D eigenvalue weighted by molar-refractivity contribution is 5.79.